The van der Waals surface area contributed by atoms with E-state index in [0.717, 1.165) is 73.9 Å². The number of aromatic nitrogens is 3. The fraction of sp³-hybridized carbons (Fsp3) is 0.464. The third-order valence-electron chi connectivity index (χ3n) is 7.98. The van der Waals surface area contributed by atoms with Crippen LogP contribution in [0.15, 0.2) is 48.7 Å². The molecule has 182 valence electrons. The van der Waals surface area contributed by atoms with Crippen LogP contribution in [0.1, 0.15) is 66.0 Å². The minimum absolute atomic E-state index is 0.209. The van der Waals surface area contributed by atoms with E-state index in [1.807, 2.05) is 38.1 Å². The largest absolute Gasteiger partial charge is 0.362 e. The molecule has 0 unspecified atom stereocenters. The first-order valence-electron chi connectivity index (χ1n) is 12.9. The molecule has 7 nitrogen and oxygen atoms in total. The van der Waals surface area contributed by atoms with Gasteiger partial charge in [0.15, 0.2) is 0 Å². The molecule has 0 bridgehead atoms. The number of para-hydroxylation sites is 1. The van der Waals surface area contributed by atoms with Gasteiger partial charge in [0.2, 0.25) is 5.95 Å². The summed E-state index contributed by atoms with van der Waals surface area (Å²) in [6.07, 6.45) is 8.56. The summed E-state index contributed by atoms with van der Waals surface area (Å²) in [6.45, 7) is 6.73. The van der Waals surface area contributed by atoms with Gasteiger partial charge in [0.1, 0.15) is 5.66 Å². The highest BCUT2D eigenvalue weighted by atomic mass is 16.2. The Morgan fingerprint density at radius 1 is 1.00 bits per heavy atom. The molecule has 2 fully saturated rings. The zero-order valence-electron chi connectivity index (χ0n) is 20.7. The zero-order valence-corrected chi connectivity index (χ0v) is 20.7. The van der Waals surface area contributed by atoms with E-state index in [1.165, 1.54) is 18.5 Å². The van der Waals surface area contributed by atoms with Crippen molar-refractivity contribution in [2.24, 2.45) is 0 Å². The number of hydrogen-bond donors (Lipinski definition) is 1. The van der Waals surface area contributed by atoms with Gasteiger partial charge in [-0.3, -0.25) is 14.3 Å². The number of hydrogen-bond acceptors (Lipinski definition) is 5. The van der Waals surface area contributed by atoms with Crippen LogP contribution in [-0.2, 0) is 6.54 Å². The third-order valence-corrected chi connectivity index (χ3v) is 7.98. The second-order valence-corrected chi connectivity index (χ2v) is 10.4. The van der Waals surface area contributed by atoms with E-state index in [2.05, 4.69) is 54.0 Å². The molecule has 7 heteroatoms. The van der Waals surface area contributed by atoms with Gasteiger partial charge in [-0.25, -0.2) is 9.97 Å². The Morgan fingerprint density at radius 2 is 1.71 bits per heavy atom. The highest BCUT2D eigenvalue weighted by Gasteiger charge is 2.49. The predicted octanol–water partition coefficient (Wildman–Crippen LogP) is 4.69. The molecule has 2 aliphatic heterocycles. The third kappa shape index (κ3) is 4.01. The van der Waals surface area contributed by atoms with Crippen LogP contribution >= 0.6 is 0 Å². The number of nitrogens with one attached hydrogen (secondary N) is 1. The summed E-state index contributed by atoms with van der Waals surface area (Å²) < 4.78 is 2.10. The molecule has 1 N–H and O–H groups in total. The van der Waals surface area contributed by atoms with Crippen LogP contribution in [-0.4, -0.2) is 55.0 Å². The van der Waals surface area contributed by atoms with Crippen molar-refractivity contribution in [3.63, 3.8) is 0 Å². The highest BCUT2D eigenvalue weighted by molar-refractivity contribution is 6.02. The van der Waals surface area contributed by atoms with Gasteiger partial charge in [-0.15, -0.1) is 0 Å². The first-order valence-corrected chi connectivity index (χ1v) is 12.9. The second kappa shape index (κ2) is 8.79. The van der Waals surface area contributed by atoms with E-state index in [1.54, 1.807) is 0 Å². The Bertz CT molecular complexity index is 1220. The topological polar surface area (TPSA) is 66.3 Å². The van der Waals surface area contributed by atoms with Crippen molar-refractivity contribution in [1.29, 1.82) is 0 Å². The van der Waals surface area contributed by atoms with Crippen molar-refractivity contribution in [3.05, 3.63) is 71.3 Å². The van der Waals surface area contributed by atoms with E-state index in [-0.39, 0.29) is 11.6 Å². The number of carbonyl (C=O) groups is 1. The quantitative estimate of drug-likeness (QED) is 0.599. The van der Waals surface area contributed by atoms with Gasteiger partial charge >= 0.3 is 0 Å². The van der Waals surface area contributed by atoms with E-state index < -0.39 is 0 Å². The Labute approximate surface area is 207 Å². The van der Waals surface area contributed by atoms with Crippen molar-refractivity contribution in [2.45, 2.75) is 70.6 Å². The molecule has 0 radical (unpaired) electrons. The van der Waals surface area contributed by atoms with Gasteiger partial charge < -0.3 is 10.2 Å². The number of benzene rings is 1. The minimum atomic E-state index is -0.296. The van der Waals surface area contributed by atoms with E-state index in [0.29, 0.717) is 6.04 Å². The molecule has 1 aliphatic carbocycles. The average molecular weight is 471 g/mol. The Hall–Kier alpha value is -3.19. The Kier molecular flexibility index (Phi) is 5.60. The number of carbonyl (C=O) groups excluding carboxylic acids is 1. The second-order valence-electron chi connectivity index (χ2n) is 10.4. The lowest BCUT2D eigenvalue weighted by molar-refractivity contribution is 0.00785. The predicted molar refractivity (Wildman–Crippen MR) is 137 cm³/mol. The molecule has 1 spiro atoms. The maximum absolute atomic E-state index is 13.7. The average Bonchev–Trinajstić information content (AvgIpc) is 3.53. The molecule has 4 heterocycles. The van der Waals surface area contributed by atoms with Gasteiger partial charge in [0.05, 0.1) is 5.56 Å². The van der Waals surface area contributed by atoms with E-state index in [9.17, 15) is 4.79 Å². The fourth-order valence-corrected chi connectivity index (χ4v) is 6.32. The number of aryl methyl sites for hydroxylation is 2. The molecule has 2 aromatic heterocycles. The van der Waals surface area contributed by atoms with Crippen molar-refractivity contribution in [2.75, 3.05) is 18.4 Å². The number of rotatable bonds is 4. The van der Waals surface area contributed by atoms with Crippen LogP contribution in [0.25, 0.3) is 5.95 Å². The number of amides is 1. The van der Waals surface area contributed by atoms with Gasteiger partial charge in [-0.2, -0.15) is 0 Å². The standard InChI is InChI=1S/C28H34N6O/c1-20-18-21(2)30-27(29-20)33-15-7-10-23(33)19-32-16-13-28(14-17-32)31-25-12-6-5-11-24(25)26(35)34(28)22-8-3-4-9-22/h5-7,10-12,15,18,22,31H,3-4,8-9,13-14,16-17,19H2,1-2H3. The van der Waals surface area contributed by atoms with Crippen LogP contribution in [0.3, 0.4) is 0 Å². The van der Waals surface area contributed by atoms with Gasteiger partial charge in [0, 0.05) is 67.5 Å². The zero-order chi connectivity index (χ0) is 24.0. The summed E-state index contributed by atoms with van der Waals surface area (Å²) in [4.78, 5) is 27.8. The van der Waals surface area contributed by atoms with Gasteiger partial charge in [-0.1, -0.05) is 25.0 Å². The molecular weight excluding hydrogens is 436 g/mol. The van der Waals surface area contributed by atoms with Crippen molar-refractivity contribution >= 4 is 11.6 Å². The molecule has 1 aromatic carbocycles. The summed E-state index contributed by atoms with van der Waals surface area (Å²) in [5.74, 6) is 0.945. The summed E-state index contributed by atoms with van der Waals surface area (Å²) in [7, 11) is 0. The normalized spacial score (nSPS) is 20.3. The fourth-order valence-electron chi connectivity index (χ4n) is 6.32. The minimum Gasteiger partial charge on any atom is -0.362 e. The molecule has 35 heavy (non-hydrogen) atoms. The maximum atomic E-state index is 13.7. The summed E-state index contributed by atoms with van der Waals surface area (Å²) in [6, 6.07) is 14.6. The lowest BCUT2D eigenvalue weighted by Gasteiger charge is -2.54. The van der Waals surface area contributed by atoms with Crippen molar-refractivity contribution < 1.29 is 4.79 Å². The number of nitrogens with zero attached hydrogens (tertiary/aromatic N) is 5. The molecule has 1 saturated heterocycles. The van der Waals surface area contributed by atoms with Crippen LogP contribution in [0.2, 0.25) is 0 Å². The molecule has 3 aliphatic rings. The number of fused-ring (bicyclic) bond motifs is 1. The van der Waals surface area contributed by atoms with Gasteiger partial charge in [-0.05, 0) is 57.0 Å². The Balaban J connectivity index is 1.23. The number of anilines is 1. The van der Waals surface area contributed by atoms with Crippen LogP contribution < -0.4 is 5.32 Å². The summed E-state index contributed by atoms with van der Waals surface area (Å²) >= 11 is 0. The van der Waals surface area contributed by atoms with Crippen LogP contribution in [0.5, 0.6) is 0 Å². The van der Waals surface area contributed by atoms with Crippen LogP contribution in [0, 0.1) is 13.8 Å². The molecular formula is C28H34N6O. The lowest BCUT2D eigenvalue weighted by Crippen LogP contribution is -2.66. The van der Waals surface area contributed by atoms with Crippen LogP contribution in [0.4, 0.5) is 5.69 Å². The molecule has 3 aromatic rings. The lowest BCUT2D eigenvalue weighted by atomic mass is 9.88. The van der Waals surface area contributed by atoms with Crippen molar-refractivity contribution in [3.8, 4) is 5.95 Å². The summed E-state index contributed by atoms with van der Waals surface area (Å²) in [5, 5.41) is 3.85. The first-order chi connectivity index (χ1) is 17.0. The maximum Gasteiger partial charge on any atom is 0.258 e. The SMILES string of the molecule is Cc1cc(C)nc(-n2cccc2CN2CCC3(CC2)Nc2ccccc2C(=O)N3C2CCCC2)n1. The van der Waals surface area contributed by atoms with Gasteiger partial charge in [0.25, 0.3) is 5.91 Å². The van der Waals surface area contributed by atoms with E-state index >= 15 is 0 Å². The number of likely N-dealkylation sites (tertiary alicyclic amines) is 1. The Morgan fingerprint density at radius 3 is 2.46 bits per heavy atom. The highest BCUT2D eigenvalue weighted by Crippen LogP contribution is 2.42. The molecule has 0 atom stereocenters. The molecule has 6 rings (SSSR count). The first kappa shape index (κ1) is 22.3. The number of piperidine rings is 1. The monoisotopic (exact) mass is 470 g/mol. The smallest absolute Gasteiger partial charge is 0.258 e. The van der Waals surface area contributed by atoms with E-state index in [4.69, 9.17) is 0 Å². The molecule has 1 saturated carbocycles. The molecule has 1 amide bonds. The summed E-state index contributed by atoms with van der Waals surface area (Å²) in [5.41, 5.74) is 4.66. The van der Waals surface area contributed by atoms with Crippen molar-refractivity contribution in [1.82, 2.24) is 24.3 Å².